The number of alkyl halides is 5. The second-order valence-corrected chi connectivity index (χ2v) is 4.75. The molecule has 0 atom stereocenters. The first-order valence-electron chi connectivity index (χ1n) is 5.52. The second-order valence-electron chi connectivity index (χ2n) is 3.65. The van der Waals surface area contributed by atoms with Crippen molar-refractivity contribution < 1.29 is 36.2 Å². The van der Waals surface area contributed by atoms with Gasteiger partial charge in [0.25, 0.3) is 6.43 Å². The van der Waals surface area contributed by atoms with Crippen molar-refractivity contribution in [2.75, 3.05) is 6.61 Å². The molecule has 0 saturated heterocycles. The zero-order valence-electron chi connectivity index (χ0n) is 10.5. The number of ether oxygens (including phenoxy) is 2. The van der Waals surface area contributed by atoms with Crippen LogP contribution < -0.4 is 4.74 Å². The maximum absolute atomic E-state index is 12.9. The molecule has 4 nitrogen and oxygen atoms in total. The number of pyridine rings is 1. The van der Waals surface area contributed by atoms with E-state index in [-0.39, 0.29) is 10.3 Å². The Bertz CT molecular complexity index is 521. The number of esters is 1. The standard InChI is InChI=1S/C11H9F5INO3/c1-2-20-8(19)4-6-5(9(12)13)3-7(17)18-10(6)21-11(14,15)16/h3,9H,2,4H2,1H3. The van der Waals surface area contributed by atoms with Crippen LogP contribution in [0.4, 0.5) is 22.0 Å². The summed E-state index contributed by atoms with van der Waals surface area (Å²) >= 11 is 1.47. The average molecular weight is 425 g/mol. The summed E-state index contributed by atoms with van der Waals surface area (Å²) in [5.74, 6) is -2.02. The SMILES string of the molecule is CCOC(=O)Cc1c(C(F)F)cc(I)nc1OC(F)(F)F. The van der Waals surface area contributed by atoms with Crippen LogP contribution in [0, 0.1) is 3.70 Å². The molecule has 1 aromatic rings. The van der Waals surface area contributed by atoms with Gasteiger partial charge in [0.2, 0.25) is 5.88 Å². The van der Waals surface area contributed by atoms with Crippen LogP contribution in [0.1, 0.15) is 24.5 Å². The molecule has 1 rings (SSSR count). The minimum absolute atomic E-state index is 0.0316. The lowest BCUT2D eigenvalue weighted by Crippen LogP contribution is -2.21. The molecule has 0 aliphatic carbocycles. The smallest absolute Gasteiger partial charge is 0.466 e. The summed E-state index contributed by atoms with van der Waals surface area (Å²) < 4.78 is 70.8. The highest BCUT2D eigenvalue weighted by molar-refractivity contribution is 14.1. The molecular weight excluding hydrogens is 416 g/mol. The summed E-state index contributed by atoms with van der Waals surface area (Å²) in [5.41, 5.74) is -1.39. The predicted octanol–water partition coefficient (Wildman–Crippen LogP) is 3.63. The van der Waals surface area contributed by atoms with Gasteiger partial charge in [-0.15, -0.1) is 13.2 Å². The average Bonchev–Trinajstić information content (AvgIpc) is 2.30. The fourth-order valence-electron chi connectivity index (χ4n) is 1.46. The summed E-state index contributed by atoms with van der Waals surface area (Å²) in [6.45, 7) is 1.45. The highest BCUT2D eigenvalue weighted by Gasteiger charge is 2.35. The topological polar surface area (TPSA) is 48.4 Å². The molecule has 1 aromatic heterocycles. The van der Waals surface area contributed by atoms with E-state index in [1.807, 2.05) is 0 Å². The van der Waals surface area contributed by atoms with Gasteiger partial charge in [-0.1, -0.05) is 0 Å². The molecule has 0 saturated carbocycles. The van der Waals surface area contributed by atoms with Crippen LogP contribution >= 0.6 is 22.6 Å². The first-order valence-corrected chi connectivity index (χ1v) is 6.60. The number of carbonyl (C=O) groups is 1. The molecule has 21 heavy (non-hydrogen) atoms. The van der Waals surface area contributed by atoms with Crippen LogP contribution in [-0.2, 0) is 16.0 Å². The molecule has 1 heterocycles. The van der Waals surface area contributed by atoms with E-state index in [1.54, 1.807) is 0 Å². The van der Waals surface area contributed by atoms with Crippen molar-refractivity contribution in [3.63, 3.8) is 0 Å². The number of aromatic nitrogens is 1. The van der Waals surface area contributed by atoms with Gasteiger partial charge in [0, 0.05) is 11.1 Å². The summed E-state index contributed by atoms with van der Waals surface area (Å²) in [7, 11) is 0. The lowest BCUT2D eigenvalue weighted by molar-refractivity contribution is -0.276. The molecule has 0 radical (unpaired) electrons. The van der Waals surface area contributed by atoms with Gasteiger partial charge in [0.15, 0.2) is 0 Å². The van der Waals surface area contributed by atoms with Crippen molar-refractivity contribution in [3.8, 4) is 5.88 Å². The van der Waals surface area contributed by atoms with Crippen molar-refractivity contribution in [1.82, 2.24) is 4.98 Å². The molecule has 0 fully saturated rings. The van der Waals surface area contributed by atoms with E-state index in [0.29, 0.717) is 0 Å². The summed E-state index contributed by atoms with van der Waals surface area (Å²) in [6, 6.07) is 0.892. The second kappa shape index (κ2) is 7.18. The van der Waals surface area contributed by atoms with Gasteiger partial charge in [-0.2, -0.15) is 0 Å². The van der Waals surface area contributed by atoms with E-state index in [2.05, 4.69) is 14.5 Å². The van der Waals surface area contributed by atoms with Gasteiger partial charge < -0.3 is 9.47 Å². The van der Waals surface area contributed by atoms with Crippen molar-refractivity contribution in [2.45, 2.75) is 26.1 Å². The van der Waals surface area contributed by atoms with Crippen LogP contribution in [0.5, 0.6) is 5.88 Å². The van der Waals surface area contributed by atoms with Crippen LogP contribution in [0.15, 0.2) is 6.07 Å². The minimum Gasteiger partial charge on any atom is -0.466 e. The van der Waals surface area contributed by atoms with Gasteiger partial charge in [-0.25, -0.2) is 13.8 Å². The summed E-state index contributed by atoms with van der Waals surface area (Å²) in [6.07, 6.45) is -8.98. The van der Waals surface area contributed by atoms with Crippen LogP contribution in [0.2, 0.25) is 0 Å². The highest BCUT2D eigenvalue weighted by Crippen LogP contribution is 2.33. The number of hydrogen-bond acceptors (Lipinski definition) is 4. The predicted molar refractivity (Wildman–Crippen MR) is 68.9 cm³/mol. The van der Waals surface area contributed by atoms with Gasteiger partial charge in [-0.05, 0) is 35.6 Å². The zero-order chi connectivity index (χ0) is 16.2. The Balaban J connectivity index is 3.29. The Morgan fingerprint density at radius 1 is 1.43 bits per heavy atom. The number of rotatable bonds is 5. The number of hydrogen-bond donors (Lipinski definition) is 0. The molecule has 0 aliphatic rings. The molecule has 0 bridgehead atoms. The van der Waals surface area contributed by atoms with E-state index < -0.39 is 42.2 Å². The first kappa shape index (κ1) is 17.9. The largest absolute Gasteiger partial charge is 0.574 e. The molecular formula is C11H9F5INO3. The van der Waals surface area contributed by atoms with Crippen LogP contribution in [0.25, 0.3) is 0 Å². The van der Waals surface area contributed by atoms with Crippen molar-refractivity contribution >= 4 is 28.6 Å². The van der Waals surface area contributed by atoms with Crippen LogP contribution in [-0.4, -0.2) is 23.9 Å². The van der Waals surface area contributed by atoms with E-state index in [0.717, 1.165) is 6.07 Å². The fourth-order valence-corrected chi connectivity index (χ4v) is 2.01. The van der Waals surface area contributed by atoms with Gasteiger partial charge in [0.1, 0.15) is 3.70 Å². The maximum atomic E-state index is 12.9. The molecule has 0 amide bonds. The minimum atomic E-state index is -5.11. The monoisotopic (exact) mass is 425 g/mol. The Labute approximate surface area is 129 Å². The van der Waals surface area contributed by atoms with Crippen molar-refractivity contribution in [2.24, 2.45) is 0 Å². The summed E-state index contributed by atoms with van der Waals surface area (Å²) in [5, 5.41) is 0. The highest BCUT2D eigenvalue weighted by atomic mass is 127. The third kappa shape index (κ3) is 5.59. The molecule has 118 valence electrons. The maximum Gasteiger partial charge on any atom is 0.574 e. The molecule has 0 aromatic carbocycles. The zero-order valence-corrected chi connectivity index (χ0v) is 12.7. The fraction of sp³-hybridized carbons (Fsp3) is 0.455. The Morgan fingerprint density at radius 3 is 2.52 bits per heavy atom. The number of halogens is 6. The third-order valence-electron chi connectivity index (χ3n) is 2.16. The first-order chi connectivity index (χ1) is 9.64. The van der Waals surface area contributed by atoms with Crippen LogP contribution in [0.3, 0.4) is 0 Å². The van der Waals surface area contributed by atoms with E-state index in [9.17, 15) is 26.7 Å². The number of nitrogens with zero attached hydrogens (tertiary/aromatic N) is 1. The third-order valence-corrected chi connectivity index (χ3v) is 2.72. The lowest BCUT2D eigenvalue weighted by Gasteiger charge is -2.15. The van der Waals surface area contributed by atoms with Gasteiger partial charge in [-0.3, -0.25) is 4.79 Å². The molecule has 0 aliphatic heterocycles. The molecule has 0 unspecified atom stereocenters. The normalized spacial score (nSPS) is 11.6. The Kier molecular flexibility index (Phi) is 6.10. The Hall–Kier alpha value is -1.20. The lowest BCUT2D eigenvalue weighted by atomic mass is 10.1. The molecule has 0 N–H and O–H groups in total. The van der Waals surface area contributed by atoms with Crippen molar-refractivity contribution in [1.29, 1.82) is 0 Å². The van der Waals surface area contributed by atoms with Gasteiger partial charge >= 0.3 is 12.3 Å². The summed E-state index contributed by atoms with van der Waals surface area (Å²) in [4.78, 5) is 14.8. The van der Waals surface area contributed by atoms with E-state index >= 15 is 0 Å². The van der Waals surface area contributed by atoms with E-state index in [1.165, 1.54) is 29.5 Å². The quantitative estimate of drug-likeness (QED) is 0.313. The molecule has 0 spiro atoms. The van der Waals surface area contributed by atoms with Crippen molar-refractivity contribution in [3.05, 3.63) is 20.9 Å². The number of carbonyl (C=O) groups excluding carboxylic acids is 1. The Morgan fingerprint density at radius 2 is 2.05 bits per heavy atom. The van der Waals surface area contributed by atoms with E-state index in [4.69, 9.17) is 0 Å². The van der Waals surface area contributed by atoms with Gasteiger partial charge in [0.05, 0.1) is 13.0 Å². The molecule has 10 heteroatoms.